The average molecular weight is 565 g/mol. The van der Waals surface area contributed by atoms with E-state index in [-0.39, 0.29) is 28.1 Å². The third kappa shape index (κ3) is 11.5. The molecule has 41 heavy (non-hydrogen) atoms. The molecule has 0 atom stereocenters. The van der Waals surface area contributed by atoms with E-state index in [1.807, 2.05) is 6.07 Å². The Kier molecular flexibility index (Phi) is 16.1. The topological polar surface area (TPSA) is 117 Å². The van der Waals surface area contributed by atoms with Crippen LogP contribution in [-0.4, -0.2) is 22.2 Å². The van der Waals surface area contributed by atoms with E-state index in [1.54, 1.807) is 24.3 Å². The molecule has 1 N–H and O–H groups in total. The van der Waals surface area contributed by atoms with Crippen molar-refractivity contribution in [1.29, 1.82) is 5.26 Å². The molecule has 1 aromatic heterocycles. The summed E-state index contributed by atoms with van der Waals surface area (Å²) in [5.74, 6) is -0.916. The summed E-state index contributed by atoms with van der Waals surface area (Å²) in [6.45, 7) is 4.12. The lowest BCUT2D eigenvalue weighted by atomic mass is 10.0. The molecule has 1 aromatic carbocycles. The minimum atomic E-state index is -0.591. The van der Waals surface area contributed by atoms with Crippen molar-refractivity contribution in [3.8, 4) is 11.9 Å². The zero-order valence-electron chi connectivity index (χ0n) is 25.3. The second kappa shape index (κ2) is 19.6. The highest BCUT2D eigenvalue weighted by Gasteiger charge is 2.18. The first kappa shape index (κ1) is 33.7. The van der Waals surface area contributed by atoms with Crippen molar-refractivity contribution >= 4 is 17.3 Å². The molecule has 2 aromatic rings. The maximum absolute atomic E-state index is 12.7. The molecule has 0 amide bonds. The molecule has 0 saturated heterocycles. The molecular formula is C33H48N4O4. The third-order valence-electron chi connectivity index (χ3n) is 7.50. The molecule has 224 valence electrons. The van der Waals surface area contributed by atoms with Gasteiger partial charge in [0, 0.05) is 12.6 Å². The van der Waals surface area contributed by atoms with E-state index in [0.29, 0.717) is 6.61 Å². The summed E-state index contributed by atoms with van der Waals surface area (Å²) in [5.41, 5.74) is 0.0245. The molecule has 0 bridgehead atoms. The number of rotatable bonds is 20. The Morgan fingerprint density at radius 2 is 1.39 bits per heavy atom. The van der Waals surface area contributed by atoms with Crippen molar-refractivity contribution in [2.45, 2.75) is 117 Å². The largest absolute Gasteiger partial charge is 0.493 e. The highest BCUT2D eigenvalue weighted by molar-refractivity contribution is 5.94. The Balaban J connectivity index is 1.67. The van der Waals surface area contributed by atoms with Crippen LogP contribution in [0.5, 0.6) is 5.88 Å². The first-order valence-corrected chi connectivity index (χ1v) is 15.4. The van der Waals surface area contributed by atoms with Gasteiger partial charge in [0.1, 0.15) is 17.3 Å². The van der Waals surface area contributed by atoms with E-state index in [2.05, 4.69) is 17.2 Å². The van der Waals surface area contributed by atoms with Gasteiger partial charge in [-0.15, -0.1) is 10.2 Å². The van der Waals surface area contributed by atoms with Crippen LogP contribution >= 0.6 is 0 Å². The van der Waals surface area contributed by atoms with Crippen LogP contribution in [0.3, 0.4) is 0 Å². The smallest absolute Gasteiger partial charge is 0.340 e. The maximum atomic E-state index is 12.7. The highest BCUT2D eigenvalue weighted by Crippen LogP contribution is 2.27. The number of aromatic nitrogens is 1. The Morgan fingerprint density at radius 3 is 1.93 bits per heavy atom. The van der Waals surface area contributed by atoms with E-state index < -0.39 is 17.4 Å². The monoisotopic (exact) mass is 564 g/mol. The molecule has 0 aliphatic rings. The van der Waals surface area contributed by atoms with Gasteiger partial charge in [0.15, 0.2) is 5.69 Å². The number of carbonyl (C=O) groups is 1. The van der Waals surface area contributed by atoms with Gasteiger partial charge in [-0.1, -0.05) is 115 Å². The summed E-state index contributed by atoms with van der Waals surface area (Å²) in [4.78, 5) is 25.3. The first-order valence-electron chi connectivity index (χ1n) is 15.4. The van der Waals surface area contributed by atoms with Gasteiger partial charge in [-0.2, -0.15) is 5.26 Å². The minimum Gasteiger partial charge on any atom is -0.493 e. The summed E-state index contributed by atoms with van der Waals surface area (Å²) in [6.07, 6.45) is 20.6. The number of hydrogen-bond donors (Lipinski definition) is 1. The quantitative estimate of drug-likeness (QED) is 0.0977. The SMILES string of the molecule is CCCCCCCCCCCCCCCCCCOC(=O)c1ccccc1N=Nc1c(C)c(C#N)c(O)n(C)c1=O. The van der Waals surface area contributed by atoms with Gasteiger partial charge in [-0.05, 0) is 25.5 Å². The number of nitriles is 1. The van der Waals surface area contributed by atoms with Crippen molar-refractivity contribution in [2.24, 2.45) is 17.3 Å². The number of hydrogen-bond acceptors (Lipinski definition) is 7. The summed E-state index contributed by atoms with van der Waals surface area (Å²) in [6, 6.07) is 8.52. The summed E-state index contributed by atoms with van der Waals surface area (Å²) < 4.78 is 6.42. The van der Waals surface area contributed by atoms with Gasteiger partial charge < -0.3 is 9.84 Å². The van der Waals surface area contributed by atoms with Gasteiger partial charge in [0.05, 0.1) is 12.2 Å². The van der Waals surface area contributed by atoms with Crippen molar-refractivity contribution < 1.29 is 14.6 Å². The minimum absolute atomic E-state index is 0.0486. The lowest BCUT2D eigenvalue weighted by Gasteiger charge is -2.09. The molecular weight excluding hydrogens is 516 g/mol. The van der Waals surface area contributed by atoms with Gasteiger partial charge in [0.25, 0.3) is 5.56 Å². The fourth-order valence-electron chi connectivity index (χ4n) is 4.85. The molecule has 8 nitrogen and oxygen atoms in total. The van der Waals surface area contributed by atoms with Gasteiger partial charge in [-0.25, -0.2) is 4.79 Å². The molecule has 0 radical (unpaired) electrons. The Morgan fingerprint density at radius 1 is 0.878 bits per heavy atom. The van der Waals surface area contributed by atoms with Crippen molar-refractivity contribution in [3.63, 3.8) is 0 Å². The summed E-state index contributed by atoms with van der Waals surface area (Å²) in [7, 11) is 1.35. The molecule has 0 saturated carbocycles. The number of benzene rings is 1. The van der Waals surface area contributed by atoms with Crippen LogP contribution in [0.2, 0.25) is 0 Å². The van der Waals surface area contributed by atoms with Crippen LogP contribution in [0.25, 0.3) is 0 Å². The summed E-state index contributed by atoms with van der Waals surface area (Å²) in [5, 5.41) is 27.5. The van der Waals surface area contributed by atoms with Crippen molar-refractivity contribution in [3.05, 3.63) is 51.3 Å². The standard InChI is InChI=1S/C33H48N4O4/c1-4-5-6-7-8-9-10-11-12-13-14-15-16-17-18-21-24-41-33(40)27-22-19-20-23-29(27)35-36-30-26(2)28(25-34)31(38)37(3)32(30)39/h19-20,22-23,38H,4-18,21,24H2,1-3H3. The molecule has 0 spiro atoms. The van der Waals surface area contributed by atoms with Crippen LogP contribution in [0.4, 0.5) is 11.4 Å². The van der Waals surface area contributed by atoms with Gasteiger partial charge in [-0.3, -0.25) is 9.36 Å². The first-order chi connectivity index (χ1) is 19.9. The normalized spacial score (nSPS) is 11.2. The second-order valence-electron chi connectivity index (χ2n) is 10.8. The number of esters is 1. The number of aromatic hydroxyl groups is 1. The number of azo groups is 1. The van der Waals surface area contributed by atoms with Crippen molar-refractivity contribution in [2.75, 3.05) is 6.61 Å². The fraction of sp³-hybridized carbons (Fsp3) is 0.606. The fourth-order valence-corrected chi connectivity index (χ4v) is 4.85. The predicted octanol–water partition coefficient (Wildman–Crippen LogP) is 9.10. The zero-order valence-corrected chi connectivity index (χ0v) is 25.3. The molecule has 0 fully saturated rings. The number of nitrogens with zero attached hydrogens (tertiary/aromatic N) is 4. The van der Waals surface area contributed by atoms with E-state index in [0.717, 1.165) is 23.8 Å². The van der Waals surface area contributed by atoms with Crippen LogP contribution in [0.15, 0.2) is 39.3 Å². The molecule has 1 heterocycles. The van der Waals surface area contributed by atoms with E-state index in [1.165, 1.54) is 97.4 Å². The zero-order chi connectivity index (χ0) is 29.9. The van der Waals surface area contributed by atoms with Crippen molar-refractivity contribution in [1.82, 2.24) is 4.57 Å². The molecule has 0 unspecified atom stereocenters. The third-order valence-corrected chi connectivity index (χ3v) is 7.50. The molecule has 0 aliphatic carbocycles. The van der Waals surface area contributed by atoms with Crippen LogP contribution < -0.4 is 5.56 Å². The van der Waals surface area contributed by atoms with Gasteiger partial charge >= 0.3 is 5.97 Å². The highest BCUT2D eigenvalue weighted by atomic mass is 16.5. The van der Waals surface area contributed by atoms with Crippen LogP contribution in [0.1, 0.15) is 131 Å². The Labute approximate surface area is 245 Å². The Hall–Kier alpha value is -3.47. The Bertz CT molecular complexity index is 1210. The average Bonchev–Trinajstić information content (AvgIpc) is 2.98. The summed E-state index contributed by atoms with van der Waals surface area (Å²) >= 11 is 0. The second-order valence-corrected chi connectivity index (χ2v) is 10.8. The lowest BCUT2D eigenvalue weighted by Crippen LogP contribution is -2.18. The number of ether oxygens (including phenoxy) is 1. The molecule has 2 rings (SSSR count). The maximum Gasteiger partial charge on any atom is 0.340 e. The van der Waals surface area contributed by atoms with Gasteiger partial charge in [0.2, 0.25) is 5.88 Å². The van der Waals surface area contributed by atoms with E-state index >= 15 is 0 Å². The lowest BCUT2D eigenvalue weighted by molar-refractivity contribution is 0.0498. The van der Waals surface area contributed by atoms with E-state index in [4.69, 9.17) is 4.74 Å². The van der Waals surface area contributed by atoms with E-state index in [9.17, 15) is 20.0 Å². The van der Waals surface area contributed by atoms with Crippen LogP contribution in [0, 0.1) is 18.3 Å². The number of carbonyl (C=O) groups excluding carboxylic acids is 1. The van der Waals surface area contributed by atoms with Crippen LogP contribution in [-0.2, 0) is 11.8 Å². The number of unbranched alkanes of at least 4 members (excludes halogenated alkanes) is 15. The molecule has 0 aliphatic heterocycles. The predicted molar refractivity (Wildman–Crippen MR) is 163 cm³/mol. The number of pyridine rings is 1. The molecule has 8 heteroatoms.